The Bertz CT molecular complexity index is 835. The Hall–Kier alpha value is -2.19. The Balaban J connectivity index is 1.70. The lowest BCUT2D eigenvalue weighted by Crippen LogP contribution is -2.49. The maximum atomic E-state index is 12.2. The second-order valence-corrected chi connectivity index (χ2v) is 8.32. The summed E-state index contributed by atoms with van der Waals surface area (Å²) in [4.78, 5) is 10.9. The quantitative estimate of drug-likeness (QED) is 0.771. The second kappa shape index (κ2) is 8.01. The zero-order valence-electron chi connectivity index (χ0n) is 15.1. The summed E-state index contributed by atoms with van der Waals surface area (Å²) in [6.45, 7) is 5.85. The van der Waals surface area contributed by atoms with Crippen molar-refractivity contribution in [2.45, 2.75) is 20.3 Å². The van der Waals surface area contributed by atoms with Crippen LogP contribution in [0.3, 0.4) is 0 Å². The first-order chi connectivity index (χ1) is 12.5. The van der Waals surface area contributed by atoms with E-state index in [1.165, 1.54) is 0 Å². The van der Waals surface area contributed by atoms with Crippen LogP contribution in [0.15, 0.2) is 36.4 Å². The van der Waals surface area contributed by atoms with E-state index in [0.717, 1.165) is 5.82 Å². The van der Waals surface area contributed by atoms with Crippen LogP contribution in [0, 0.1) is 6.92 Å². The molecular weight excluding hydrogens is 352 g/mol. The molecular formula is C18H24N4O3S. The summed E-state index contributed by atoms with van der Waals surface area (Å²) < 4.78 is 31.8. The smallest absolute Gasteiger partial charge is 0.224 e. The summed E-state index contributed by atoms with van der Waals surface area (Å²) >= 11 is 0. The molecule has 0 amide bonds. The summed E-state index contributed by atoms with van der Waals surface area (Å²) in [5, 5.41) is 0. The van der Waals surface area contributed by atoms with E-state index in [1.54, 1.807) is 10.4 Å². The van der Waals surface area contributed by atoms with Crippen LogP contribution >= 0.6 is 0 Å². The first-order valence-corrected chi connectivity index (χ1v) is 10.4. The fraction of sp³-hybridized carbons (Fsp3) is 0.444. The minimum absolute atomic E-state index is 0.203. The molecule has 0 spiro atoms. The number of hydrogen-bond donors (Lipinski definition) is 0. The van der Waals surface area contributed by atoms with Crippen molar-refractivity contribution in [2.75, 3.05) is 36.8 Å². The van der Waals surface area contributed by atoms with Gasteiger partial charge in [-0.2, -0.15) is 9.29 Å². The molecule has 2 aromatic rings. The van der Waals surface area contributed by atoms with E-state index in [9.17, 15) is 8.42 Å². The molecule has 1 fully saturated rings. The summed E-state index contributed by atoms with van der Waals surface area (Å²) in [6.07, 6.45) is 0.633. The number of nitrogens with zero attached hydrogens (tertiary/aromatic N) is 4. The van der Waals surface area contributed by atoms with Gasteiger partial charge < -0.3 is 9.64 Å². The summed E-state index contributed by atoms with van der Waals surface area (Å²) in [5.74, 6) is 2.78. The van der Waals surface area contributed by atoms with Crippen molar-refractivity contribution in [3.63, 3.8) is 0 Å². The van der Waals surface area contributed by atoms with Crippen LogP contribution in [0.4, 0.5) is 5.82 Å². The Morgan fingerprint density at radius 2 is 1.77 bits per heavy atom. The van der Waals surface area contributed by atoms with Crippen LogP contribution < -0.4 is 9.64 Å². The van der Waals surface area contributed by atoms with Gasteiger partial charge in [-0.1, -0.05) is 25.1 Å². The van der Waals surface area contributed by atoms with Gasteiger partial charge >= 0.3 is 0 Å². The first kappa shape index (κ1) is 18.6. The van der Waals surface area contributed by atoms with E-state index in [0.29, 0.717) is 50.1 Å². The van der Waals surface area contributed by atoms with Gasteiger partial charge in [0.2, 0.25) is 15.9 Å². The van der Waals surface area contributed by atoms with Gasteiger partial charge in [-0.3, -0.25) is 0 Å². The Morgan fingerprint density at radius 1 is 1.08 bits per heavy atom. The molecule has 0 unspecified atom stereocenters. The van der Waals surface area contributed by atoms with Crippen LogP contribution in [0.2, 0.25) is 0 Å². The molecule has 0 aliphatic carbocycles. The number of benzene rings is 1. The van der Waals surface area contributed by atoms with E-state index >= 15 is 0 Å². The summed E-state index contributed by atoms with van der Waals surface area (Å²) in [6, 6.07) is 11.3. The number of para-hydroxylation sites is 1. The molecule has 8 heteroatoms. The molecule has 0 saturated carbocycles. The van der Waals surface area contributed by atoms with Crippen molar-refractivity contribution in [2.24, 2.45) is 0 Å². The van der Waals surface area contributed by atoms with Crippen LogP contribution in [-0.4, -0.2) is 54.6 Å². The zero-order chi connectivity index (χ0) is 18.6. The fourth-order valence-electron chi connectivity index (χ4n) is 2.93. The molecule has 3 rings (SSSR count). The van der Waals surface area contributed by atoms with Crippen LogP contribution in [-0.2, 0) is 10.0 Å². The number of piperazine rings is 1. The van der Waals surface area contributed by atoms with Gasteiger partial charge in [0.25, 0.3) is 0 Å². The van der Waals surface area contributed by atoms with E-state index in [4.69, 9.17) is 4.74 Å². The van der Waals surface area contributed by atoms with E-state index in [2.05, 4.69) is 14.9 Å². The topological polar surface area (TPSA) is 75.6 Å². The average molecular weight is 376 g/mol. The van der Waals surface area contributed by atoms with Crippen LogP contribution in [0.5, 0.6) is 11.6 Å². The molecule has 2 heterocycles. The first-order valence-electron chi connectivity index (χ1n) is 8.79. The average Bonchev–Trinajstić information content (AvgIpc) is 2.62. The van der Waals surface area contributed by atoms with Gasteiger partial charge in [-0.15, -0.1) is 0 Å². The molecule has 1 aliphatic rings. The van der Waals surface area contributed by atoms with Gasteiger partial charge in [0.15, 0.2) is 0 Å². The van der Waals surface area contributed by atoms with Crippen molar-refractivity contribution in [3.05, 3.63) is 42.2 Å². The van der Waals surface area contributed by atoms with Crippen molar-refractivity contribution in [1.82, 2.24) is 14.3 Å². The molecule has 1 aromatic carbocycles. The lowest BCUT2D eigenvalue weighted by atomic mass is 10.3. The highest BCUT2D eigenvalue weighted by atomic mass is 32.2. The maximum Gasteiger partial charge on any atom is 0.224 e. The normalized spacial score (nSPS) is 15.8. The number of sulfonamides is 1. The van der Waals surface area contributed by atoms with Crippen LogP contribution in [0.1, 0.15) is 19.2 Å². The number of anilines is 1. The predicted octanol–water partition coefficient (Wildman–Crippen LogP) is 2.44. The molecule has 0 atom stereocenters. The standard InChI is InChI=1S/C18H24N4O3S/c1-3-13-26(23,24)22-11-9-21(10-12-22)17-14-18(20-15(2)19-17)25-16-7-5-4-6-8-16/h4-8,14H,3,9-13H2,1-2H3. The van der Waals surface area contributed by atoms with Crippen molar-refractivity contribution in [3.8, 4) is 11.6 Å². The SMILES string of the molecule is CCCS(=O)(=O)N1CCN(c2cc(Oc3ccccc3)nc(C)n2)CC1. The minimum Gasteiger partial charge on any atom is -0.439 e. The number of hydrogen-bond acceptors (Lipinski definition) is 6. The van der Waals surface area contributed by atoms with Gasteiger partial charge in [0.1, 0.15) is 17.4 Å². The largest absolute Gasteiger partial charge is 0.439 e. The molecule has 0 bridgehead atoms. The van der Waals surface area contributed by atoms with Gasteiger partial charge in [-0.25, -0.2) is 13.4 Å². The number of aromatic nitrogens is 2. The highest BCUT2D eigenvalue weighted by Crippen LogP contribution is 2.24. The van der Waals surface area contributed by atoms with Gasteiger partial charge in [-0.05, 0) is 25.5 Å². The van der Waals surface area contributed by atoms with Crippen molar-refractivity contribution < 1.29 is 13.2 Å². The second-order valence-electron chi connectivity index (χ2n) is 6.23. The molecule has 0 radical (unpaired) electrons. The van der Waals surface area contributed by atoms with Crippen LogP contribution in [0.25, 0.3) is 0 Å². The Morgan fingerprint density at radius 3 is 2.42 bits per heavy atom. The summed E-state index contributed by atoms with van der Waals surface area (Å²) in [5.41, 5.74) is 0. The van der Waals surface area contributed by atoms with Crippen molar-refractivity contribution >= 4 is 15.8 Å². The van der Waals surface area contributed by atoms with Gasteiger partial charge in [0.05, 0.1) is 5.75 Å². The van der Waals surface area contributed by atoms with Gasteiger partial charge in [0, 0.05) is 32.2 Å². The highest BCUT2D eigenvalue weighted by molar-refractivity contribution is 7.89. The Labute approximate surface area is 154 Å². The predicted molar refractivity (Wildman–Crippen MR) is 101 cm³/mol. The third-order valence-corrected chi connectivity index (χ3v) is 6.26. The number of aryl methyl sites for hydroxylation is 1. The maximum absolute atomic E-state index is 12.2. The lowest BCUT2D eigenvalue weighted by molar-refractivity contribution is 0.382. The van der Waals surface area contributed by atoms with E-state index < -0.39 is 10.0 Å². The third-order valence-electron chi connectivity index (χ3n) is 4.18. The minimum atomic E-state index is -3.15. The number of rotatable bonds is 6. The third kappa shape index (κ3) is 4.50. The molecule has 1 aromatic heterocycles. The molecule has 1 saturated heterocycles. The Kier molecular flexibility index (Phi) is 5.73. The van der Waals surface area contributed by atoms with Crippen molar-refractivity contribution in [1.29, 1.82) is 0 Å². The summed E-state index contributed by atoms with van der Waals surface area (Å²) in [7, 11) is -3.15. The molecule has 1 aliphatic heterocycles. The monoisotopic (exact) mass is 376 g/mol. The zero-order valence-corrected chi connectivity index (χ0v) is 15.9. The van der Waals surface area contributed by atoms with E-state index in [1.807, 2.05) is 44.2 Å². The fourth-order valence-corrected chi connectivity index (χ4v) is 4.42. The molecule has 26 heavy (non-hydrogen) atoms. The number of ether oxygens (including phenoxy) is 1. The van der Waals surface area contributed by atoms with E-state index in [-0.39, 0.29) is 5.75 Å². The molecule has 140 valence electrons. The molecule has 7 nitrogen and oxygen atoms in total. The molecule has 0 N–H and O–H groups in total. The highest BCUT2D eigenvalue weighted by Gasteiger charge is 2.27. The lowest BCUT2D eigenvalue weighted by Gasteiger charge is -2.34.